The summed E-state index contributed by atoms with van der Waals surface area (Å²) in [5, 5.41) is 9.72. The van der Waals surface area contributed by atoms with E-state index in [2.05, 4.69) is 57.2 Å². The fourth-order valence-electron chi connectivity index (χ4n) is 3.35. The van der Waals surface area contributed by atoms with Crippen molar-refractivity contribution in [2.45, 2.75) is 26.2 Å². The predicted molar refractivity (Wildman–Crippen MR) is 113 cm³/mol. The minimum absolute atomic E-state index is 0.135. The second-order valence-corrected chi connectivity index (χ2v) is 8.85. The van der Waals surface area contributed by atoms with E-state index in [1.54, 1.807) is 11.3 Å². The molecule has 1 aliphatic heterocycles. The highest BCUT2D eigenvalue weighted by atomic mass is 32.1. The fourth-order valence-corrected chi connectivity index (χ4v) is 4.53. The van der Waals surface area contributed by atoms with E-state index < -0.39 is 0 Å². The first-order valence-corrected chi connectivity index (χ1v) is 9.56. The Kier molecular flexibility index (Phi) is 3.85. The number of anilines is 1. The first kappa shape index (κ1) is 16.8. The lowest BCUT2D eigenvalue weighted by Crippen LogP contribution is -2.10. The van der Waals surface area contributed by atoms with Crippen molar-refractivity contribution in [3.8, 4) is 21.6 Å². The molecular formula is C23H22N2S. The fraction of sp³-hybridized carbons (Fsp3) is 0.174. The molecule has 0 aromatic heterocycles. The van der Waals surface area contributed by atoms with Crippen LogP contribution in [0.1, 0.15) is 26.3 Å². The summed E-state index contributed by atoms with van der Waals surface area (Å²) in [4.78, 5) is 1.12. The Morgan fingerprint density at radius 2 is 1.62 bits per heavy atom. The zero-order chi connectivity index (χ0) is 18.5. The minimum Gasteiger partial charge on any atom is -0.399 e. The molecule has 1 heterocycles. The number of hydrogen-bond donors (Lipinski definition) is 2. The summed E-state index contributed by atoms with van der Waals surface area (Å²) in [6.45, 7) is 6.70. The Morgan fingerprint density at radius 1 is 0.885 bits per heavy atom. The van der Waals surface area contributed by atoms with E-state index in [9.17, 15) is 0 Å². The summed E-state index contributed by atoms with van der Waals surface area (Å²) < 4.78 is 1.15. The topological polar surface area (TPSA) is 49.9 Å². The largest absolute Gasteiger partial charge is 0.399 e. The van der Waals surface area contributed by atoms with Crippen molar-refractivity contribution in [3.63, 3.8) is 0 Å². The maximum Gasteiger partial charge on any atom is 0.0554 e. The molecule has 0 bridgehead atoms. The van der Waals surface area contributed by atoms with Gasteiger partial charge in [0.25, 0.3) is 0 Å². The molecule has 0 saturated carbocycles. The highest BCUT2D eigenvalue weighted by Gasteiger charge is 2.17. The maximum atomic E-state index is 7.98. The zero-order valence-corrected chi connectivity index (χ0v) is 16.1. The van der Waals surface area contributed by atoms with E-state index in [1.165, 1.54) is 27.6 Å². The van der Waals surface area contributed by atoms with E-state index in [0.29, 0.717) is 5.36 Å². The number of benzene rings is 3. The number of nitrogens with one attached hydrogen (secondary N) is 1. The molecule has 0 unspecified atom stereocenters. The second-order valence-electron chi connectivity index (χ2n) is 7.77. The Labute approximate surface area is 157 Å². The van der Waals surface area contributed by atoms with E-state index in [-0.39, 0.29) is 5.41 Å². The summed E-state index contributed by atoms with van der Waals surface area (Å²) in [6, 6.07) is 20.9. The third kappa shape index (κ3) is 2.89. The van der Waals surface area contributed by atoms with Crippen LogP contribution in [0.2, 0.25) is 0 Å². The van der Waals surface area contributed by atoms with Crippen LogP contribution >= 0.6 is 11.3 Å². The summed E-state index contributed by atoms with van der Waals surface area (Å²) in [5.41, 5.74) is 11.9. The van der Waals surface area contributed by atoms with Crippen LogP contribution in [0.4, 0.5) is 5.69 Å². The minimum atomic E-state index is 0.135. The molecule has 0 saturated heterocycles. The van der Waals surface area contributed by atoms with Gasteiger partial charge in [-0.25, -0.2) is 0 Å². The van der Waals surface area contributed by atoms with E-state index in [1.807, 2.05) is 24.3 Å². The van der Waals surface area contributed by atoms with Crippen LogP contribution < -0.4 is 11.1 Å². The van der Waals surface area contributed by atoms with E-state index >= 15 is 0 Å². The van der Waals surface area contributed by atoms with E-state index in [0.717, 1.165) is 15.3 Å². The van der Waals surface area contributed by atoms with Gasteiger partial charge in [0.05, 0.1) is 5.36 Å². The van der Waals surface area contributed by atoms with Gasteiger partial charge >= 0.3 is 0 Å². The van der Waals surface area contributed by atoms with Gasteiger partial charge in [0.15, 0.2) is 0 Å². The van der Waals surface area contributed by atoms with Crippen molar-refractivity contribution in [3.05, 3.63) is 71.6 Å². The Balaban J connectivity index is 2.05. The van der Waals surface area contributed by atoms with Gasteiger partial charge in [-0.15, -0.1) is 11.3 Å². The lowest BCUT2D eigenvalue weighted by Gasteiger charge is -2.20. The Bertz CT molecular complexity index is 1130. The smallest absolute Gasteiger partial charge is 0.0554 e. The van der Waals surface area contributed by atoms with Gasteiger partial charge in [0, 0.05) is 26.2 Å². The SMILES string of the molecule is CC(C)(C)c1ccc(-c2c3ccc(=N)cc-3sc3cc(N)ccc23)cc1. The molecular weight excluding hydrogens is 336 g/mol. The quantitative estimate of drug-likeness (QED) is 0.317. The van der Waals surface area contributed by atoms with Gasteiger partial charge in [-0.2, -0.15) is 0 Å². The van der Waals surface area contributed by atoms with Gasteiger partial charge in [-0.3, -0.25) is 0 Å². The van der Waals surface area contributed by atoms with Crippen LogP contribution in [-0.4, -0.2) is 0 Å². The molecule has 130 valence electrons. The first-order valence-electron chi connectivity index (χ1n) is 8.74. The van der Waals surface area contributed by atoms with Gasteiger partial charge in [0.1, 0.15) is 0 Å². The van der Waals surface area contributed by atoms with Crippen LogP contribution in [-0.2, 0) is 5.41 Å². The van der Waals surface area contributed by atoms with Crippen molar-refractivity contribution in [1.29, 1.82) is 5.41 Å². The molecule has 1 aliphatic carbocycles. The number of nitrogen functional groups attached to an aromatic ring is 1. The van der Waals surface area contributed by atoms with Crippen molar-refractivity contribution >= 4 is 27.1 Å². The monoisotopic (exact) mass is 358 g/mol. The summed E-state index contributed by atoms with van der Waals surface area (Å²) in [6.07, 6.45) is 0. The lowest BCUT2D eigenvalue weighted by molar-refractivity contribution is 0.590. The molecule has 0 fully saturated rings. The van der Waals surface area contributed by atoms with Gasteiger partial charge in [-0.05, 0) is 46.4 Å². The second kappa shape index (κ2) is 5.96. The molecule has 0 atom stereocenters. The molecule has 3 N–H and O–H groups in total. The van der Waals surface area contributed by atoms with Crippen molar-refractivity contribution < 1.29 is 0 Å². The summed E-state index contributed by atoms with van der Waals surface area (Å²) >= 11 is 1.70. The average Bonchev–Trinajstić information content (AvgIpc) is 2.59. The van der Waals surface area contributed by atoms with Gasteiger partial charge in [-0.1, -0.05) is 57.2 Å². The van der Waals surface area contributed by atoms with Crippen LogP contribution in [0.5, 0.6) is 0 Å². The predicted octanol–water partition coefficient (Wildman–Crippen LogP) is 6.03. The molecule has 0 radical (unpaired) electrons. The maximum absolute atomic E-state index is 7.98. The normalized spacial score (nSPS) is 12.0. The molecule has 2 aromatic rings. The van der Waals surface area contributed by atoms with Gasteiger partial charge < -0.3 is 11.1 Å². The molecule has 0 amide bonds. The molecule has 2 aromatic carbocycles. The van der Waals surface area contributed by atoms with Crippen molar-refractivity contribution in [2.75, 3.05) is 5.73 Å². The molecule has 2 nitrogen and oxygen atoms in total. The van der Waals surface area contributed by atoms with Crippen LogP contribution in [0.15, 0.2) is 60.7 Å². The Hall–Kier alpha value is -2.65. The van der Waals surface area contributed by atoms with Crippen LogP contribution in [0, 0.1) is 5.41 Å². The van der Waals surface area contributed by atoms with Crippen molar-refractivity contribution in [1.82, 2.24) is 0 Å². The third-order valence-electron chi connectivity index (χ3n) is 4.79. The highest BCUT2D eigenvalue weighted by molar-refractivity contribution is 7.21. The number of fused-ring (bicyclic) bond motifs is 2. The van der Waals surface area contributed by atoms with Crippen molar-refractivity contribution in [2.24, 2.45) is 0 Å². The number of nitrogens with two attached hydrogens (primary N) is 1. The molecule has 2 aliphatic rings. The number of hydrogen-bond acceptors (Lipinski definition) is 3. The number of rotatable bonds is 1. The van der Waals surface area contributed by atoms with Crippen LogP contribution in [0.25, 0.3) is 31.7 Å². The van der Waals surface area contributed by atoms with E-state index in [4.69, 9.17) is 11.1 Å². The van der Waals surface area contributed by atoms with Crippen LogP contribution in [0.3, 0.4) is 0 Å². The lowest BCUT2D eigenvalue weighted by atomic mass is 9.85. The zero-order valence-electron chi connectivity index (χ0n) is 15.3. The Morgan fingerprint density at radius 3 is 2.31 bits per heavy atom. The average molecular weight is 359 g/mol. The molecule has 0 spiro atoms. The summed E-state index contributed by atoms with van der Waals surface area (Å²) in [5.74, 6) is 0. The standard InChI is InChI=1S/C23H22N2S/c1-23(2,3)15-6-4-14(5-7-15)22-18-10-8-16(24)12-20(18)26-21-13-17(25)9-11-19(21)22/h4-13,24H,25H2,1-3H3. The summed E-state index contributed by atoms with van der Waals surface area (Å²) in [7, 11) is 0. The van der Waals surface area contributed by atoms with Gasteiger partial charge in [0.2, 0.25) is 0 Å². The first-order chi connectivity index (χ1) is 12.3. The molecule has 3 heteroatoms. The third-order valence-corrected chi connectivity index (χ3v) is 5.90. The molecule has 26 heavy (non-hydrogen) atoms. The molecule has 4 rings (SSSR count). The highest BCUT2D eigenvalue weighted by Crippen LogP contribution is 2.43.